The maximum Gasteiger partial charge on any atom is 0.295 e. The summed E-state index contributed by atoms with van der Waals surface area (Å²) in [4.78, 5) is 41.4. The van der Waals surface area contributed by atoms with Crippen molar-refractivity contribution in [3.8, 4) is 11.5 Å². The Kier molecular flexibility index (Phi) is 9.56. The maximum absolute atomic E-state index is 13.3. The monoisotopic (exact) mass is 537 g/mol. The zero-order chi connectivity index (χ0) is 27.8. The fourth-order valence-corrected chi connectivity index (χ4v) is 4.73. The molecule has 1 atom stereocenters. The van der Waals surface area contributed by atoms with Crippen LogP contribution in [-0.4, -0.2) is 85.1 Å². The molecule has 2 aliphatic heterocycles. The Bertz CT molecular complexity index is 1190. The molecule has 2 aliphatic rings. The highest BCUT2D eigenvalue weighted by atomic mass is 16.5. The van der Waals surface area contributed by atoms with Crippen LogP contribution < -0.4 is 15.2 Å². The first-order valence-corrected chi connectivity index (χ1v) is 13.2. The molecule has 3 N–H and O–H groups in total. The predicted molar refractivity (Wildman–Crippen MR) is 144 cm³/mol. The molecule has 2 saturated heterocycles. The summed E-state index contributed by atoms with van der Waals surface area (Å²) in [6.07, 6.45) is 1.52. The first-order chi connectivity index (χ1) is 18.9. The number of likely N-dealkylation sites (tertiary alicyclic amines) is 1. The highest BCUT2D eigenvalue weighted by Crippen LogP contribution is 2.40. The number of ketones is 1. The number of nitrogens with two attached hydrogens (primary N) is 1. The van der Waals surface area contributed by atoms with E-state index in [1.54, 1.807) is 48.5 Å². The topological polar surface area (TPSA) is 132 Å². The first kappa shape index (κ1) is 28.1. The van der Waals surface area contributed by atoms with Gasteiger partial charge in [0.15, 0.2) is 6.61 Å². The normalized spacial score (nSPS) is 19.3. The Labute approximate surface area is 227 Å². The Morgan fingerprint density at radius 3 is 2.28 bits per heavy atom. The lowest BCUT2D eigenvalue weighted by atomic mass is 9.95. The lowest BCUT2D eigenvalue weighted by Gasteiger charge is -2.29. The van der Waals surface area contributed by atoms with Gasteiger partial charge in [-0.3, -0.25) is 19.3 Å². The number of morpholine rings is 1. The SMILES string of the molecule is CCCOc1ccc(/C(O)=C2\C(=O)C(=O)N(CCCN3CCOCC3)C2c2ccc(OCC(N)=O)cc2)cc1. The fourth-order valence-electron chi connectivity index (χ4n) is 4.73. The molecule has 10 nitrogen and oxygen atoms in total. The molecule has 0 bridgehead atoms. The highest BCUT2D eigenvalue weighted by Gasteiger charge is 2.45. The van der Waals surface area contributed by atoms with Gasteiger partial charge in [-0.1, -0.05) is 19.1 Å². The van der Waals surface area contributed by atoms with E-state index in [0.29, 0.717) is 55.4 Å². The molecule has 0 aromatic heterocycles. The summed E-state index contributed by atoms with van der Waals surface area (Å²) in [6, 6.07) is 12.7. The van der Waals surface area contributed by atoms with E-state index in [-0.39, 0.29) is 17.9 Å². The summed E-state index contributed by atoms with van der Waals surface area (Å²) in [5.41, 5.74) is 6.24. The summed E-state index contributed by atoms with van der Waals surface area (Å²) in [5, 5.41) is 11.3. The van der Waals surface area contributed by atoms with Crippen LogP contribution in [0.15, 0.2) is 54.1 Å². The fraction of sp³-hybridized carbons (Fsp3) is 0.414. The van der Waals surface area contributed by atoms with Crippen LogP contribution in [0, 0.1) is 0 Å². The van der Waals surface area contributed by atoms with Crippen LogP contribution >= 0.6 is 0 Å². The van der Waals surface area contributed by atoms with Crippen LogP contribution in [0.4, 0.5) is 0 Å². The second-order valence-corrected chi connectivity index (χ2v) is 9.50. The molecule has 2 aromatic carbocycles. The number of aliphatic hydroxyl groups excluding tert-OH is 1. The van der Waals surface area contributed by atoms with Crippen molar-refractivity contribution in [3.63, 3.8) is 0 Å². The van der Waals surface area contributed by atoms with Gasteiger partial charge in [0.25, 0.3) is 17.6 Å². The number of carbonyl (C=O) groups is 3. The molecule has 0 aliphatic carbocycles. The van der Waals surface area contributed by atoms with Crippen LogP contribution in [0.3, 0.4) is 0 Å². The van der Waals surface area contributed by atoms with Crippen LogP contribution in [0.2, 0.25) is 0 Å². The van der Waals surface area contributed by atoms with Gasteiger partial charge < -0.3 is 30.0 Å². The molecule has 2 heterocycles. The summed E-state index contributed by atoms with van der Waals surface area (Å²) >= 11 is 0. The number of hydrogen-bond acceptors (Lipinski definition) is 8. The average Bonchev–Trinajstić information content (AvgIpc) is 3.21. The summed E-state index contributed by atoms with van der Waals surface area (Å²) in [7, 11) is 0. The number of ether oxygens (including phenoxy) is 3. The number of amides is 2. The van der Waals surface area contributed by atoms with Crippen molar-refractivity contribution in [3.05, 3.63) is 65.2 Å². The van der Waals surface area contributed by atoms with E-state index in [0.717, 1.165) is 26.1 Å². The summed E-state index contributed by atoms with van der Waals surface area (Å²) in [6.45, 7) is 6.42. The minimum absolute atomic E-state index is 0.0272. The first-order valence-electron chi connectivity index (χ1n) is 13.2. The molecule has 0 radical (unpaired) electrons. The van der Waals surface area contributed by atoms with Gasteiger partial charge in [-0.05, 0) is 54.8 Å². The Hall–Kier alpha value is -3.89. The maximum atomic E-state index is 13.3. The van der Waals surface area contributed by atoms with Gasteiger partial charge in [0.2, 0.25) is 0 Å². The lowest BCUT2D eigenvalue weighted by molar-refractivity contribution is -0.140. The van der Waals surface area contributed by atoms with Crippen molar-refractivity contribution in [2.75, 3.05) is 52.6 Å². The van der Waals surface area contributed by atoms with Gasteiger partial charge in [0.1, 0.15) is 17.3 Å². The quantitative estimate of drug-likeness (QED) is 0.240. The number of rotatable bonds is 12. The zero-order valence-electron chi connectivity index (χ0n) is 22.1. The number of aliphatic hydroxyl groups is 1. The summed E-state index contributed by atoms with van der Waals surface area (Å²) in [5.74, 6) is -1.15. The van der Waals surface area contributed by atoms with Crippen LogP contribution in [0.5, 0.6) is 11.5 Å². The molecule has 4 rings (SSSR count). The zero-order valence-corrected chi connectivity index (χ0v) is 22.1. The number of benzene rings is 2. The lowest BCUT2D eigenvalue weighted by Crippen LogP contribution is -2.38. The Morgan fingerprint density at radius 1 is 1.00 bits per heavy atom. The molecular formula is C29H35N3O7. The molecule has 2 amide bonds. The van der Waals surface area contributed by atoms with Crippen LogP contribution in [0.1, 0.15) is 36.9 Å². The van der Waals surface area contributed by atoms with Gasteiger partial charge in [-0.15, -0.1) is 0 Å². The van der Waals surface area contributed by atoms with Crippen LogP contribution in [-0.2, 0) is 19.1 Å². The molecule has 2 fully saturated rings. The van der Waals surface area contributed by atoms with E-state index in [1.807, 2.05) is 6.92 Å². The molecule has 39 heavy (non-hydrogen) atoms. The minimum Gasteiger partial charge on any atom is -0.507 e. The van der Waals surface area contributed by atoms with E-state index in [9.17, 15) is 19.5 Å². The van der Waals surface area contributed by atoms with Crippen LogP contribution in [0.25, 0.3) is 5.76 Å². The van der Waals surface area contributed by atoms with Crippen molar-refractivity contribution in [1.29, 1.82) is 0 Å². The third-order valence-corrected chi connectivity index (χ3v) is 6.69. The predicted octanol–water partition coefficient (Wildman–Crippen LogP) is 2.48. The van der Waals surface area contributed by atoms with Crippen molar-refractivity contribution >= 4 is 23.4 Å². The smallest absolute Gasteiger partial charge is 0.295 e. The number of Topliss-reactive ketones (excluding diaryl/α,β-unsaturated/α-hetero) is 1. The molecule has 0 spiro atoms. The molecule has 10 heteroatoms. The highest BCUT2D eigenvalue weighted by molar-refractivity contribution is 6.46. The van der Waals surface area contributed by atoms with Gasteiger partial charge in [0.05, 0.1) is 31.4 Å². The van der Waals surface area contributed by atoms with E-state index < -0.39 is 23.6 Å². The Balaban J connectivity index is 1.63. The van der Waals surface area contributed by atoms with E-state index in [4.69, 9.17) is 19.9 Å². The molecule has 208 valence electrons. The Morgan fingerprint density at radius 2 is 1.64 bits per heavy atom. The van der Waals surface area contributed by atoms with E-state index >= 15 is 0 Å². The van der Waals surface area contributed by atoms with Gasteiger partial charge >= 0.3 is 0 Å². The molecule has 0 saturated carbocycles. The van der Waals surface area contributed by atoms with Crippen molar-refractivity contribution in [2.45, 2.75) is 25.8 Å². The molecule has 2 aromatic rings. The van der Waals surface area contributed by atoms with Gasteiger partial charge in [0, 0.05) is 31.7 Å². The second kappa shape index (κ2) is 13.3. The largest absolute Gasteiger partial charge is 0.507 e. The molecular weight excluding hydrogens is 502 g/mol. The van der Waals surface area contributed by atoms with Crippen molar-refractivity contribution < 1.29 is 33.7 Å². The number of hydrogen-bond donors (Lipinski definition) is 2. The third-order valence-electron chi connectivity index (χ3n) is 6.69. The van der Waals surface area contributed by atoms with E-state index in [1.165, 1.54) is 4.90 Å². The second-order valence-electron chi connectivity index (χ2n) is 9.50. The molecule has 1 unspecified atom stereocenters. The average molecular weight is 538 g/mol. The number of carbonyl (C=O) groups excluding carboxylic acids is 3. The summed E-state index contributed by atoms with van der Waals surface area (Å²) < 4.78 is 16.4. The standard InChI is InChI=1S/C29H35N3O7/c1-2-16-38-22-10-6-21(7-11-22)27(34)25-26(20-4-8-23(9-5-20)39-19-24(30)33)32(29(36)28(25)35)13-3-12-31-14-17-37-18-15-31/h4-11,26,34H,2-3,12-19H2,1H3,(H2,30,33)/b27-25+. The van der Waals surface area contributed by atoms with Gasteiger partial charge in [-0.25, -0.2) is 0 Å². The van der Waals surface area contributed by atoms with E-state index in [2.05, 4.69) is 4.90 Å². The number of nitrogens with zero attached hydrogens (tertiary/aromatic N) is 2. The van der Waals surface area contributed by atoms with Crippen molar-refractivity contribution in [2.24, 2.45) is 5.73 Å². The van der Waals surface area contributed by atoms with Crippen molar-refractivity contribution in [1.82, 2.24) is 9.80 Å². The van der Waals surface area contributed by atoms with Gasteiger partial charge in [-0.2, -0.15) is 0 Å². The minimum atomic E-state index is -0.782. The third kappa shape index (κ3) is 6.96. The number of primary amides is 1.